The molecule has 2 aromatic rings. The average molecular weight is 588 g/mol. The molecular weight excluding hydrogens is 550 g/mol. The number of piperidine rings is 1. The number of carbonyl (C=O) groups excluding carboxylic acids is 3. The van der Waals surface area contributed by atoms with E-state index in [0.29, 0.717) is 29.6 Å². The molecule has 4 saturated heterocycles. The van der Waals surface area contributed by atoms with Crippen LogP contribution < -0.4 is 5.32 Å². The number of hydrogen-bond acceptors (Lipinski definition) is 5. The number of nitrogens with one attached hydrogen (secondary N) is 1. The lowest BCUT2D eigenvalue weighted by Gasteiger charge is -2.57. The Labute approximate surface area is 252 Å². The van der Waals surface area contributed by atoms with Gasteiger partial charge in [0, 0.05) is 55.3 Å². The first-order chi connectivity index (χ1) is 20.1. The van der Waals surface area contributed by atoms with Crippen molar-refractivity contribution in [2.24, 2.45) is 5.41 Å². The van der Waals surface area contributed by atoms with Crippen molar-refractivity contribution in [1.82, 2.24) is 25.1 Å². The molecule has 220 valence electrons. The molecule has 2 atom stereocenters. The average Bonchev–Trinajstić information content (AvgIpc) is 3.28. The molecule has 5 aliphatic heterocycles. The molecule has 0 spiro atoms. The third-order valence-electron chi connectivity index (χ3n) is 9.86. The zero-order valence-electron chi connectivity index (χ0n) is 24.4. The van der Waals surface area contributed by atoms with Crippen molar-refractivity contribution in [2.75, 3.05) is 26.2 Å². The van der Waals surface area contributed by atoms with Gasteiger partial charge in [-0.15, -0.1) is 0 Å². The van der Waals surface area contributed by atoms with Crippen molar-refractivity contribution in [2.45, 2.75) is 71.1 Å². The number of allylic oxidation sites excluding steroid dienone is 1. The van der Waals surface area contributed by atoms with Crippen LogP contribution in [0.2, 0.25) is 5.02 Å². The number of piperazine rings is 1. The van der Waals surface area contributed by atoms with E-state index < -0.39 is 6.03 Å². The number of hydrazine groups is 1. The first-order valence-electron chi connectivity index (χ1n) is 15.1. The van der Waals surface area contributed by atoms with Gasteiger partial charge in [0.2, 0.25) is 5.91 Å². The molecule has 2 unspecified atom stereocenters. The number of amides is 4. The van der Waals surface area contributed by atoms with E-state index in [4.69, 9.17) is 11.6 Å². The minimum atomic E-state index is -0.529. The summed E-state index contributed by atoms with van der Waals surface area (Å²) in [6, 6.07) is 15.0. The molecule has 1 N–H and O–H groups in total. The smallest absolute Gasteiger partial charge is 0.296 e. The first-order valence-corrected chi connectivity index (χ1v) is 15.5. The summed E-state index contributed by atoms with van der Waals surface area (Å²) in [5.41, 5.74) is 7.51. The molecule has 9 heteroatoms. The van der Waals surface area contributed by atoms with Crippen LogP contribution in [0.1, 0.15) is 73.0 Å². The third kappa shape index (κ3) is 5.14. The van der Waals surface area contributed by atoms with Gasteiger partial charge in [-0.05, 0) is 71.6 Å². The van der Waals surface area contributed by atoms with E-state index >= 15 is 0 Å². The molecular formula is C33H38ClN5O3. The van der Waals surface area contributed by atoms with Crippen molar-refractivity contribution in [1.29, 1.82) is 0 Å². The number of urea groups is 1. The summed E-state index contributed by atoms with van der Waals surface area (Å²) in [4.78, 5) is 42.2. The number of carbonyl (C=O) groups is 3. The van der Waals surface area contributed by atoms with Crippen LogP contribution >= 0.6 is 11.6 Å². The molecule has 6 aliphatic rings. The first kappa shape index (κ1) is 27.6. The van der Waals surface area contributed by atoms with E-state index in [0.717, 1.165) is 49.6 Å². The van der Waals surface area contributed by atoms with Gasteiger partial charge in [0.05, 0.1) is 13.1 Å². The summed E-state index contributed by atoms with van der Waals surface area (Å²) in [5.74, 6) is -0.487. The maximum Gasteiger partial charge on any atom is 0.342 e. The Kier molecular flexibility index (Phi) is 6.91. The van der Waals surface area contributed by atoms with Crippen LogP contribution in [-0.2, 0) is 17.9 Å². The fourth-order valence-electron chi connectivity index (χ4n) is 7.54. The van der Waals surface area contributed by atoms with Crippen LogP contribution in [0.3, 0.4) is 0 Å². The second-order valence-corrected chi connectivity index (χ2v) is 13.9. The van der Waals surface area contributed by atoms with Gasteiger partial charge in [-0.2, -0.15) is 0 Å². The minimum absolute atomic E-state index is 0.184. The lowest BCUT2D eigenvalue weighted by atomic mass is 9.72. The van der Waals surface area contributed by atoms with Crippen molar-refractivity contribution < 1.29 is 14.4 Å². The summed E-state index contributed by atoms with van der Waals surface area (Å²) < 4.78 is 0. The Bertz CT molecular complexity index is 1470. The molecule has 0 radical (unpaired) electrons. The Hall–Kier alpha value is -3.20. The van der Waals surface area contributed by atoms with Gasteiger partial charge in [0.25, 0.3) is 5.91 Å². The molecule has 4 fully saturated rings. The van der Waals surface area contributed by atoms with Crippen molar-refractivity contribution in [3.05, 3.63) is 75.3 Å². The van der Waals surface area contributed by atoms with Crippen LogP contribution in [-0.4, -0.2) is 75.9 Å². The largest absolute Gasteiger partial charge is 0.342 e. The second kappa shape index (κ2) is 10.5. The molecule has 4 amide bonds. The Morgan fingerprint density at radius 2 is 1.71 bits per heavy atom. The molecule has 2 aromatic carbocycles. The third-order valence-corrected chi connectivity index (χ3v) is 10.1. The highest BCUT2D eigenvalue weighted by Gasteiger charge is 2.45. The molecule has 1 aliphatic carbocycles. The van der Waals surface area contributed by atoms with Gasteiger partial charge < -0.3 is 0 Å². The number of benzene rings is 2. The van der Waals surface area contributed by atoms with Gasteiger partial charge in [0.1, 0.15) is 0 Å². The fourth-order valence-corrected chi connectivity index (χ4v) is 7.67. The predicted octanol–water partition coefficient (Wildman–Crippen LogP) is 5.08. The van der Waals surface area contributed by atoms with Crippen molar-refractivity contribution in [3.8, 4) is 0 Å². The van der Waals surface area contributed by atoms with Gasteiger partial charge >= 0.3 is 6.03 Å². The quantitative estimate of drug-likeness (QED) is 0.510. The van der Waals surface area contributed by atoms with Gasteiger partial charge in [-0.1, -0.05) is 55.3 Å². The molecule has 0 saturated carbocycles. The maximum absolute atomic E-state index is 13.0. The highest BCUT2D eigenvalue weighted by molar-refractivity contribution is 6.30. The minimum Gasteiger partial charge on any atom is -0.296 e. The van der Waals surface area contributed by atoms with E-state index in [-0.39, 0.29) is 24.8 Å². The summed E-state index contributed by atoms with van der Waals surface area (Å²) in [6.45, 7) is 9.41. The normalized spacial score (nSPS) is 25.9. The number of hydrogen-bond donors (Lipinski definition) is 1. The summed E-state index contributed by atoms with van der Waals surface area (Å²) >= 11 is 6.20. The fraction of sp³-hybridized carbons (Fsp3) is 0.485. The summed E-state index contributed by atoms with van der Waals surface area (Å²) in [6.07, 6.45) is 4.93. The van der Waals surface area contributed by atoms with Crippen LogP contribution in [0.5, 0.6) is 0 Å². The highest BCUT2D eigenvalue weighted by atomic mass is 35.5. The lowest BCUT2D eigenvalue weighted by Crippen LogP contribution is -2.68. The van der Waals surface area contributed by atoms with Crippen molar-refractivity contribution in [3.63, 3.8) is 0 Å². The van der Waals surface area contributed by atoms with Crippen LogP contribution in [0.15, 0.2) is 48.0 Å². The van der Waals surface area contributed by atoms with E-state index in [1.54, 1.807) is 5.57 Å². The number of fused-ring (bicyclic) bond motifs is 3. The SMILES string of the molecule is CC1(C)CCC(CN2CC3CC(C2)N3Cc2ccc3c(c2)CN(N2CCC(=O)NC2=O)C3=O)=C(c2ccc(Cl)cc2)C1. The molecule has 0 aromatic heterocycles. The molecule has 8 rings (SSSR count). The number of imide groups is 1. The zero-order chi connectivity index (χ0) is 29.2. The predicted molar refractivity (Wildman–Crippen MR) is 161 cm³/mol. The van der Waals surface area contributed by atoms with E-state index in [1.807, 2.05) is 18.2 Å². The van der Waals surface area contributed by atoms with E-state index in [9.17, 15) is 14.4 Å². The Balaban J connectivity index is 1.00. The van der Waals surface area contributed by atoms with Crippen LogP contribution in [0, 0.1) is 5.41 Å². The Morgan fingerprint density at radius 1 is 0.952 bits per heavy atom. The number of halogens is 1. The highest BCUT2D eigenvalue weighted by Crippen LogP contribution is 2.44. The monoisotopic (exact) mass is 587 g/mol. The molecule has 2 bridgehead atoms. The summed E-state index contributed by atoms with van der Waals surface area (Å²) in [5, 5.41) is 5.92. The summed E-state index contributed by atoms with van der Waals surface area (Å²) in [7, 11) is 0. The van der Waals surface area contributed by atoms with Crippen molar-refractivity contribution >= 4 is 35.0 Å². The van der Waals surface area contributed by atoms with E-state index in [1.165, 1.54) is 39.6 Å². The van der Waals surface area contributed by atoms with Gasteiger partial charge in [-0.25, -0.2) is 14.8 Å². The molecule has 5 heterocycles. The standard InChI is InChI=1S/C33H38ClN5O3/c1-33(2)11-9-23(29(15-33)22-4-6-25(34)7-5-22)17-36-19-26-14-27(20-36)37(26)16-21-3-8-28-24(13-21)18-39(31(28)41)38-12-10-30(40)35-32(38)42/h3-8,13,26-27H,9-12,14-20H2,1-2H3,(H,35,40,42). The molecule has 8 nitrogen and oxygen atoms in total. The van der Waals surface area contributed by atoms with Crippen LogP contribution in [0.25, 0.3) is 5.57 Å². The van der Waals surface area contributed by atoms with Gasteiger partial charge in [0.15, 0.2) is 0 Å². The second-order valence-electron chi connectivity index (χ2n) is 13.4. The van der Waals surface area contributed by atoms with Crippen LogP contribution in [0.4, 0.5) is 4.79 Å². The maximum atomic E-state index is 13.0. The zero-order valence-corrected chi connectivity index (χ0v) is 25.1. The lowest BCUT2D eigenvalue weighted by molar-refractivity contribution is -0.123. The number of rotatable bonds is 6. The number of nitrogens with zero attached hydrogens (tertiary/aromatic N) is 4. The molecule has 42 heavy (non-hydrogen) atoms. The Morgan fingerprint density at radius 3 is 2.45 bits per heavy atom. The topological polar surface area (TPSA) is 76.2 Å². The van der Waals surface area contributed by atoms with Gasteiger partial charge in [-0.3, -0.25) is 24.7 Å². The van der Waals surface area contributed by atoms with E-state index in [2.05, 4.69) is 53.2 Å².